The minimum Gasteiger partial charge on any atom is -0.459 e. The first-order valence-corrected chi connectivity index (χ1v) is 7.89. The van der Waals surface area contributed by atoms with E-state index in [1.807, 2.05) is 18.2 Å². The fourth-order valence-corrected chi connectivity index (χ4v) is 3.86. The summed E-state index contributed by atoms with van der Waals surface area (Å²) < 4.78 is 7.88. The lowest BCUT2D eigenvalue weighted by molar-refractivity contribution is 0.559. The zero-order chi connectivity index (χ0) is 14.1. The predicted molar refractivity (Wildman–Crippen MR) is 90.1 cm³/mol. The molecule has 0 atom stereocenters. The molecule has 0 aliphatic rings. The third-order valence-corrected chi connectivity index (χ3v) is 4.35. The normalized spacial score (nSPS) is 10.9. The summed E-state index contributed by atoms with van der Waals surface area (Å²) in [6.45, 7) is 2.72. The first kappa shape index (κ1) is 13.7. The minimum absolute atomic E-state index is 0.648. The van der Waals surface area contributed by atoms with Crippen LogP contribution in [0.5, 0.6) is 0 Å². The van der Waals surface area contributed by atoms with Crippen molar-refractivity contribution in [1.82, 2.24) is 0 Å². The minimum atomic E-state index is 0.648. The lowest BCUT2D eigenvalue weighted by Crippen LogP contribution is -2.00. The highest BCUT2D eigenvalue weighted by atomic mass is 79.9. The quantitative estimate of drug-likeness (QED) is 0.600. The molecule has 4 heteroatoms. The Morgan fingerprint density at radius 1 is 1.05 bits per heavy atom. The van der Waals surface area contributed by atoms with Crippen molar-refractivity contribution in [1.29, 1.82) is 0 Å². The van der Waals surface area contributed by atoms with Crippen LogP contribution in [0.2, 0.25) is 0 Å². The molecule has 0 spiro atoms. The van der Waals surface area contributed by atoms with E-state index in [-0.39, 0.29) is 0 Å². The molecule has 0 saturated carbocycles. The number of fused-ring (bicyclic) bond motifs is 1. The Morgan fingerprint density at radius 2 is 1.75 bits per heavy atom. The molecule has 0 aliphatic heterocycles. The van der Waals surface area contributed by atoms with Gasteiger partial charge in [-0.3, -0.25) is 0 Å². The molecular formula is C16H13Br2NO. The number of para-hydroxylation sites is 1. The van der Waals surface area contributed by atoms with E-state index >= 15 is 0 Å². The van der Waals surface area contributed by atoms with E-state index in [0.29, 0.717) is 6.54 Å². The van der Waals surface area contributed by atoms with E-state index in [1.54, 1.807) is 0 Å². The lowest BCUT2D eigenvalue weighted by Gasteiger charge is -2.10. The van der Waals surface area contributed by atoms with Crippen LogP contribution in [0, 0.1) is 6.92 Å². The van der Waals surface area contributed by atoms with Crippen molar-refractivity contribution in [2.45, 2.75) is 13.5 Å². The third-order valence-electron chi connectivity index (χ3n) is 3.10. The molecule has 0 aliphatic carbocycles. The molecule has 20 heavy (non-hydrogen) atoms. The van der Waals surface area contributed by atoms with E-state index in [9.17, 15) is 0 Å². The Kier molecular flexibility index (Phi) is 3.85. The molecule has 1 N–H and O–H groups in total. The lowest BCUT2D eigenvalue weighted by atomic mass is 10.2. The number of halogens is 2. The largest absolute Gasteiger partial charge is 0.459 e. The fourth-order valence-electron chi connectivity index (χ4n) is 2.17. The van der Waals surface area contributed by atoms with Crippen molar-refractivity contribution >= 4 is 48.5 Å². The summed E-state index contributed by atoms with van der Waals surface area (Å²) in [6, 6.07) is 14.3. The van der Waals surface area contributed by atoms with E-state index in [0.717, 1.165) is 31.4 Å². The predicted octanol–water partition coefficient (Wildman–Crippen LogP) is 5.88. The summed E-state index contributed by atoms with van der Waals surface area (Å²) in [7, 11) is 0. The van der Waals surface area contributed by atoms with Crippen molar-refractivity contribution < 1.29 is 4.42 Å². The van der Waals surface area contributed by atoms with Gasteiger partial charge in [-0.25, -0.2) is 0 Å². The summed E-state index contributed by atoms with van der Waals surface area (Å²) in [5.74, 6) is 0.922. The van der Waals surface area contributed by atoms with Gasteiger partial charge in [0.05, 0.1) is 12.2 Å². The van der Waals surface area contributed by atoms with Crippen LogP contribution < -0.4 is 5.32 Å². The van der Waals surface area contributed by atoms with Gasteiger partial charge in [0.1, 0.15) is 11.3 Å². The van der Waals surface area contributed by atoms with Gasteiger partial charge in [0.25, 0.3) is 0 Å². The molecule has 0 radical (unpaired) electrons. The Balaban J connectivity index is 1.83. The Labute approximate surface area is 134 Å². The first-order valence-electron chi connectivity index (χ1n) is 6.30. The van der Waals surface area contributed by atoms with Gasteiger partial charge in [-0.05, 0) is 68.6 Å². The summed E-state index contributed by atoms with van der Waals surface area (Å²) in [4.78, 5) is 0. The zero-order valence-electron chi connectivity index (χ0n) is 10.9. The van der Waals surface area contributed by atoms with Crippen LogP contribution in [0.1, 0.15) is 11.3 Å². The molecular weight excluding hydrogens is 382 g/mol. The van der Waals surface area contributed by atoms with E-state index in [2.05, 4.69) is 68.4 Å². The van der Waals surface area contributed by atoms with Crippen LogP contribution >= 0.6 is 31.9 Å². The molecule has 2 aromatic carbocycles. The molecule has 0 unspecified atom stereocenters. The van der Waals surface area contributed by atoms with Crippen LogP contribution in [0.4, 0.5) is 5.69 Å². The van der Waals surface area contributed by atoms with Crippen LogP contribution in [0.15, 0.2) is 55.8 Å². The van der Waals surface area contributed by atoms with Crippen molar-refractivity contribution in [2.24, 2.45) is 0 Å². The maximum absolute atomic E-state index is 5.80. The van der Waals surface area contributed by atoms with Crippen molar-refractivity contribution in [3.63, 3.8) is 0 Å². The summed E-state index contributed by atoms with van der Waals surface area (Å²) in [5.41, 5.74) is 3.17. The number of nitrogens with one attached hydrogen (secondary N) is 1. The Hall–Kier alpha value is -1.26. The second kappa shape index (κ2) is 5.62. The van der Waals surface area contributed by atoms with Gasteiger partial charge < -0.3 is 9.73 Å². The average molecular weight is 395 g/mol. The highest BCUT2D eigenvalue weighted by molar-refractivity contribution is 9.11. The van der Waals surface area contributed by atoms with Crippen molar-refractivity contribution in [3.8, 4) is 0 Å². The van der Waals surface area contributed by atoms with Gasteiger partial charge in [0.15, 0.2) is 0 Å². The van der Waals surface area contributed by atoms with Crippen molar-refractivity contribution in [2.75, 3.05) is 5.32 Å². The average Bonchev–Trinajstić information content (AvgIpc) is 2.80. The first-order chi connectivity index (χ1) is 9.63. The summed E-state index contributed by atoms with van der Waals surface area (Å²) in [5, 5.41) is 4.53. The molecule has 1 aromatic heterocycles. The van der Waals surface area contributed by atoms with Crippen molar-refractivity contribution in [3.05, 3.63) is 62.7 Å². The highest BCUT2D eigenvalue weighted by Crippen LogP contribution is 2.33. The third kappa shape index (κ3) is 2.76. The molecule has 3 aromatic rings. The highest BCUT2D eigenvalue weighted by Gasteiger charge is 2.08. The summed E-state index contributed by atoms with van der Waals surface area (Å²) in [6.07, 6.45) is 0. The number of furan rings is 1. The molecule has 0 saturated heterocycles. The van der Waals surface area contributed by atoms with Gasteiger partial charge in [-0.1, -0.05) is 18.2 Å². The molecule has 102 valence electrons. The smallest absolute Gasteiger partial charge is 0.134 e. The fraction of sp³-hybridized carbons (Fsp3) is 0.125. The van der Waals surface area contributed by atoms with Crippen LogP contribution in [0.3, 0.4) is 0 Å². The second-order valence-corrected chi connectivity index (χ2v) is 6.42. The number of hydrogen-bond donors (Lipinski definition) is 1. The summed E-state index contributed by atoms with van der Waals surface area (Å²) >= 11 is 7.17. The van der Waals surface area contributed by atoms with Gasteiger partial charge in [0.2, 0.25) is 0 Å². The number of anilines is 1. The number of benzene rings is 2. The van der Waals surface area contributed by atoms with E-state index in [4.69, 9.17) is 4.42 Å². The molecule has 3 rings (SSSR count). The van der Waals surface area contributed by atoms with Crippen LogP contribution in [-0.4, -0.2) is 0 Å². The topological polar surface area (TPSA) is 25.2 Å². The Morgan fingerprint density at radius 3 is 2.45 bits per heavy atom. The SMILES string of the molecule is Cc1cc(Br)c(NCc2cc3ccccc3o2)c(Br)c1. The molecule has 0 fully saturated rings. The van der Waals surface area contributed by atoms with E-state index in [1.165, 1.54) is 5.56 Å². The van der Waals surface area contributed by atoms with Crippen LogP contribution in [0.25, 0.3) is 11.0 Å². The van der Waals surface area contributed by atoms with Gasteiger partial charge in [0, 0.05) is 14.3 Å². The van der Waals surface area contributed by atoms with Gasteiger partial charge in [-0.2, -0.15) is 0 Å². The van der Waals surface area contributed by atoms with Gasteiger partial charge >= 0.3 is 0 Å². The molecule has 1 heterocycles. The van der Waals surface area contributed by atoms with E-state index < -0.39 is 0 Å². The molecule has 0 bridgehead atoms. The monoisotopic (exact) mass is 393 g/mol. The molecule has 0 amide bonds. The van der Waals surface area contributed by atoms with Gasteiger partial charge in [-0.15, -0.1) is 0 Å². The Bertz CT molecular complexity index is 708. The number of aryl methyl sites for hydroxylation is 1. The number of rotatable bonds is 3. The zero-order valence-corrected chi connectivity index (χ0v) is 14.1. The number of hydrogen-bond acceptors (Lipinski definition) is 2. The maximum Gasteiger partial charge on any atom is 0.134 e. The van der Waals surface area contributed by atoms with Crippen LogP contribution in [-0.2, 0) is 6.54 Å². The molecule has 2 nitrogen and oxygen atoms in total. The standard InChI is InChI=1S/C16H13Br2NO/c1-10-6-13(17)16(14(18)7-10)19-9-12-8-11-4-2-3-5-15(11)20-12/h2-8,19H,9H2,1H3. The second-order valence-electron chi connectivity index (χ2n) is 4.71. The maximum atomic E-state index is 5.80.